The van der Waals surface area contributed by atoms with Crippen LogP contribution in [-0.2, 0) is 16.1 Å². The third-order valence-electron chi connectivity index (χ3n) is 5.30. The molecule has 3 heterocycles. The largest absolute Gasteiger partial charge is 0.341 e. The second-order valence-corrected chi connectivity index (χ2v) is 8.35. The Hall–Kier alpha value is -1.95. The zero-order valence-electron chi connectivity index (χ0n) is 16.1. The monoisotopic (exact) mass is 358 g/mol. The van der Waals surface area contributed by atoms with Crippen molar-refractivity contribution in [3.8, 4) is 0 Å². The van der Waals surface area contributed by atoms with E-state index in [9.17, 15) is 9.59 Å². The van der Waals surface area contributed by atoms with Crippen molar-refractivity contribution < 1.29 is 9.59 Å². The topological polar surface area (TPSA) is 56.8 Å². The summed E-state index contributed by atoms with van der Waals surface area (Å²) in [6, 6.07) is 5.98. The first-order chi connectivity index (χ1) is 12.3. The molecular weight excluding hydrogens is 328 g/mol. The molecule has 0 bridgehead atoms. The summed E-state index contributed by atoms with van der Waals surface area (Å²) in [5.74, 6) is 0.0521. The van der Waals surface area contributed by atoms with E-state index in [0.717, 1.165) is 44.8 Å². The van der Waals surface area contributed by atoms with E-state index in [0.29, 0.717) is 13.0 Å². The molecule has 142 valence electrons. The Morgan fingerprint density at radius 3 is 2.65 bits per heavy atom. The summed E-state index contributed by atoms with van der Waals surface area (Å²) in [5, 5.41) is 0. The average molecular weight is 358 g/mol. The lowest BCUT2D eigenvalue weighted by molar-refractivity contribution is -0.135. The first-order valence-corrected chi connectivity index (χ1v) is 9.56. The zero-order valence-corrected chi connectivity index (χ0v) is 16.1. The highest BCUT2D eigenvalue weighted by Crippen LogP contribution is 2.27. The van der Waals surface area contributed by atoms with E-state index < -0.39 is 0 Å². The standard InChI is InChI=1S/C20H30N4O2/c1-20(2,3)24-14-16(13-18(24)25)19(26)23-10-6-9-22(11-12-23)15-17-7-4-5-8-21-17/h4-5,7-8,16H,6,9-15H2,1-3H3/t16-/m1/s1. The molecule has 2 amide bonds. The van der Waals surface area contributed by atoms with E-state index in [4.69, 9.17) is 0 Å². The van der Waals surface area contributed by atoms with Gasteiger partial charge >= 0.3 is 0 Å². The van der Waals surface area contributed by atoms with E-state index in [2.05, 4.69) is 9.88 Å². The van der Waals surface area contributed by atoms with Gasteiger partial charge in [-0.05, 0) is 39.3 Å². The molecule has 6 heteroatoms. The average Bonchev–Trinajstić information content (AvgIpc) is 2.85. The molecule has 0 saturated carbocycles. The normalized spacial score (nSPS) is 22.6. The van der Waals surface area contributed by atoms with E-state index in [1.54, 1.807) is 0 Å². The van der Waals surface area contributed by atoms with Crippen molar-refractivity contribution in [1.29, 1.82) is 0 Å². The molecular formula is C20H30N4O2. The van der Waals surface area contributed by atoms with E-state index >= 15 is 0 Å². The predicted molar refractivity (Wildman–Crippen MR) is 100 cm³/mol. The van der Waals surface area contributed by atoms with Gasteiger partial charge in [-0.1, -0.05) is 6.07 Å². The van der Waals surface area contributed by atoms with Gasteiger partial charge in [0.05, 0.1) is 11.6 Å². The van der Waals surface area contributed by atoms with Crippen LogP contribution in [0.25, 0.3) is 0 Å². The Kier molecular flexibility index (Phi) is 5.61. The van der Waals surface area contributed by atoms with Crippen molar-refractivity contribution in [3.05, 3.63) is 30.1 Å². The first-order valence-electron chi connectivity index (χ1n) is 9.56. The summed E-state index contributed by atoms with van der Waals surface area (Å²) in [6.07, 6.45) is 3.13. The van der Waals surface area contributed by atoms with Crippen molar-refractivity contribution in [2.24, 2.45) is 5.92 Å². The molecule has 0 unspecified atom stereocenters. The number of hydrogen-bond acceptors (Lipinski definition) is 4. The quantitative estimate of drug-likeness (QED) is 0.826. The fourth-order valence-electron chi connectivity index (χ4n) is 3.85. The molecule has 0 radical (unpaired) electrons. The minimum absolute atomic E-state index is 0.0995. The van der Waals surface area contributed by atoms with Gasteiger partial charge in [-0.25, -0.2) is 0 Å². The number of carbonyl (C=O) groups is 2. The summed E-state index contributed by atoms with van der Waals surface area (Å²) in [5.41, 5.74) is 0.846. The maximum absolute atomic E-state index is 13.0. The van der Waals surface area contributed by atoms with Crippen molar-refractivity contribution >= 4 is 11.8 Å². The van der Waals surface area contributed by atoms with Crippen molar-refractivity contribution in [2.45, 2.75) is 45.7 Å². The summed E-state index contributed by atoms with van der Waals surface area (Å²) >= 11 is 0. The summed E-state index contributed by atoms with van der Waals surface area (Å²) in [4.78, 5) is 35.8. The van der Waals surface area contributed by atoms with E-state index in [1.165, 1.54) is 0 Å². The van der Waals surface area contributed by atoms with Crippen LogP contribution in [0.1, 0.15) is 39.3 Å². The van der Waals surface area contributed by atoms with Crippen LogP contribution in [0.5, 0.6) is 0 Å². The lowest BCUT2D eigenvalue weighted by atomic mass is 10.1. The van der Waals surface area contributed by atoms with Gasteiger partial charge in [0.15, 0.2) is 0 Å². The smallest absolute Gasteiger partial charge is 0.228 e. The van der Waals surface area contributed by atoms with Gasteiger partial charge < -0.3 is 9.80 Å². The summed E-state index contributed by atoms with van der Waals surface area (Å²) < 4.78 is 0. The number of likely N-dealkylation sites (tertiary alicyclic amines) is 1. The molecule has 1 aromatic heterocycles. The third-order valence-corrected chi connectivity index (χ3v) is 5.30. The SMILES string of the molecule is CC(C)(C)N1C[C@H](C(=O)N2CCCN(Cc3ccccn3)CC2)CC1=O. The fourth-order valence-corrected chi connectivity index (χ4v) is 3.85. The van der Waals surface area contributed by atoms with Gasteiger partial charge in [0, 0.05) is 57.4 Å². The highest BCUT2D eigenvalue weighted by Gasteiger charge is 2.40. The molecule has 0 aromatic carbocycles. The van der Waals surface area contributed by atoms with Crippen molar-refractivity contribution in [3.63, 3.8) is 0 Å². The van der Waals surface area contributed by atoms with E-state index in [-0.39, 0.29) is 23.3 Å². The Balaban J connectivity index is 1.56. The van der Waals surface area contributed by atoms with Crippen LogP contribution in [0.4, 0.5) is 0 Å². The predicted octanol–water partition coefficient (Wildman–Crippen LogP) is 1.76. The lowest BCUT2D eigenvalue weighted by Gasteiger charge is -2.32. The second-order valence-electron chi connectivity index (χ2n) is 8.35. The number of aromatic nitrogens is 1. The van der Waals surface area contributed by atoms with E-state index in [1.807, 2.05) is 55.0 Å². The van der Waals surface area contributed by atoms with Gasteiger partial charge in [-0.2, -0.15) is 0 Å². The van der Waals surface area contributed by atoms with Crippen molar-refractivity contribution in [2.75, 3.05) is 32.7 Å². The number of carbonyl (C=O) groups excluding carboxylic acids is 2. The second kappa shape index (κ2) is 7.74. The number of hydrogen-bond donors (Lipinski definition) is 0. The molecule has 0 N–H and O–H groups in total. The number of rotatable bonds is 3. The summed E-state index contributed by atoms with van der Waals surface area (Å²) in [7, 11) is 0. The van der Waals surface area contributed by atoms with Crippen LogP contribution in [0.3, 0.4) is 0 Å². The molecule has 6 nitrogen and oxygen atoms in total. The molecule has 2 aliphatic rings. The molecule has 1 aromatic rings. The lowest BCUT2D eigenvalue weighted by Crippen LogP contribution is -2.44. The van der Waals surface area contributed by atoms with Gasteiger partial charge in [-0.15, -0.1) is 0 Å². The molecule has 0 spiro atoms. The summed E-state index contributed by atoms with van der Waals surface area (Å²) in [6.45, 7) is 10.8. The molecule has 26 heavy (non-hydrogen) atoms. The Morgan fingerprint density at radius 1 is 1.19 bits per heavy atom. The van der Waals surface area contributed by atoms with Crippen LogP contribution < -0.4 is 0 Å². The Labute approximate surface area is 156 Å². The van der Waals surface area contributed by atoms with Crippen molar-refractivity contribution in [1.82, 2.24) is 19.7 Å². The van der Waals surface area contributed by atoms with Crippen LogP contribution in [0, 0.1) is 5.92 Å². The minimum Gasteiger partial charge on any atom is -0.341 e. The van der Waals surface area contributed by atoms with Crippen LogP contribution in [0.15, 0.2) is 24.4 Å². The highest BCUT2D eigenvalue weighted by molar-refractivity contribution is 5.89. The number of nitrogens with zero attached hydrogens (tertiary/aromatic N) is 4. The molecule has 2 aliphatic heterocycles. The molecule has 2 fully saturated rings. The van der Waals surface area contributed by atoms with Gasteiger partial charge in [0.25, 0.3) is 0 Å². The zero-order chi connectivity index (χ0) is 18.7. The van der Waals surface area contributed by atoms with Crippen LogP contribution in [-0.4, -0.2) is 69.8 Å². The highest BCUT2D eigenvalue weighted by atomic mass is 16.2. The fraction of sp³-hybridized carbons (Fsp3) is 0.650. The number of pyridine rings is 1. The molecule has 1 atom stereocenters. The third kappa shape index (κ3) is 4.41. The first kappa shape index (κ1) is 18.8. The molecule has 0 aliphatic carbocycles. The number of amides is 2. The Morgan fingerprint density at radius 2 is 2.00 bits per heavy atom. The van der Waals surface area contributed by atoms with Gasteiger partial charge in [0.1, 0.15) is 0 Å². The Bertz CT molecular complexity index is 641. The maximum Gasteiger partial charge on any atom is 0.228 e. The van der Waals surface area contributed by atoms with Gasteiger partial charge in [0.2, 0.25) is 11.8 Å². The van der Waals surface area contributed by atoms with Crippen LogP contribution in [0.2, 0.25) is 0 Å². The van der Waals surface area contributed by atoms with Crippen LogP contribution >= 0.6 is 0 Å². The van der Waals surface area contributed by atoms with Gasteiger partial charge in [-0.3, -0.25) is 19.5 Å². The minimum atomic E-state index is -0.218. The maximum atomic E-state index is 13.0. The molecule has 3 rings (SSSR count). The molecule has 2 saturated heterocycles.